The maximum absolute atomic E-state index is 12.5. The van der Waals surface area contributed by atoms with Crippen LogP contribution in [0.25, 0.3) is 0 Å². The lowest BCUT2D eigenvalue weighted by atomic mass is 9.95. The molecule has 2 aromatic rings. The molecule has 6 nitrogen and oxygen atoms in total. The van der Waals surface area contributed by atoms with Crippen molar-refractivity contribution in [3.63, 3.8) is 0 Å². The third-order valence-electron chi connectivity index (χ3n) is 4.53. The van der Waals surface area contributed by atoms with Gasteiger partial charge in [-0.25, -0.2) is 0 Å². The number of nitrogens with one attached hydrogen (secondary N) is 2. The summed E-state index contributed by atoms with van der Waals surface area (Å²) in [5.41, 5.74) is 1.35. The smallest absolute Gasteiger partial charge is 0.257 e. The number of benzene rings is 1. The van der Waals surface area contributed by atoms with Crippen LogP contribution in [-0.2, 0) is 0 Å². The third kappa shape index (κ3) is 4.59. The SMILES string of the molecule is COc1cccc(NC(=O)c2cncc(C(=O)NC3CCCCC3)c2)c1. The van der Waals surface area contributed by atoms with E-state index < -0.39 is 0 Å². The summed E-state index contributed by atoms with van der Waals surface area (Å²) < 4.78 is 5.15. The Labute approximate surface area is 153 Å². The van der Waals surface area contributed by atoms with E-state index >= 15 is 0 Å². The second-order valence-electron chi connectivity index (χ2n) is 6.46. The first kappa shape index (κ1) is 17.9. The topological polar surface area (TPSA) is 80.3 Å². The fourth-order valence-corrected chi connectivity index (χ4v) is 3.11. The Morgan fingerprint density at radius 2 is 1.77 bits per heavy atom. The number of anilines is 1. The Bertz CT molecular complexity index is 785. The van der Waals surface area contributed by atoms with E-state index in [0.717, 1.165) is 25.7 Å². The number of hydrogen-bond acceptors (Lipinski definition) is 4. The maximum Gasteiger partial charge on any atom is 0.257 e. The normalized spacial score (nSPS) is 14.5. The van der Waals surface area contributed by atoms with Gasteiger partial charge in [-0.05, 0) is 31.0 Å². The molecule has 26 heavy (non-hydrogen) atoms. The van der Waals surface area contributed by atoms with Crippen molar-refractivity contribution in [1.82, 2.24) is 10.3 Å². The summed E-state index contributed by atoms with van der Waals surface area (Å²) in [6, 6.07) is 8.87. The number of methoxy groups -OCH3 is 1. The molecule has 0 spiro atoms. The number of nitrogens with zero attached hydrogens (tertiary/aromatic N) is 1. The van der Waals surface area contributed by atoms with Crippen LogP contribution in [0.3, 0.4) is 0 Å². The minimum absolute atomic E-state index is 0.180. The zero-order valence-electron chi connectivity index (χ0n) is 14.8. The summed E-state index contributed by atoms with van der Waals surface area (Å²) in [7, 11) is 1.57. The van der Waals surface area contributed by atoms with Gasteiger partial charge < -0.3 is 15.4 Å². The van der Waals surface area contributed by atoms with E-state index in [4.69, 9.17) is 4.74 Å². The molecule has 0 unspecified atom stereocenters. The number of rotatable bonds is 5. The first-order valence-corrected chi connectivity index (χ1v) is 8.87. The van der Waals surface area contributed by atoms with Gasteiger partial charge in [0.05, 0.1) is 18.2 Å². The van der Waals surface area contributed by atoms with Crippen molar-refractivity contribution >= 4 is 17.5 Å². The van der Waals surface area contributed by atoms with Gasteiger partial charge in [0, 0.05) is 30.2 Å². The van der Waals surface area contributed by atoms with E-state index in [1.807, 2.05) is 0 Å². The highest BCUT2D eigenvalue weighted by molar-refractivity contribution is 6.05. The molecule has 0 atom stereocenters. The molecule has 2 N–H and O–H groups in total. The molecule has 1 saturated carbocycles. The molecular formula is C20H23N3O3. The fourth-order valence-electron chi connectivity index (χ4n) is 3.11. The second-order valence-corrected chi connectivity index (χ2v) is 6.46. The zero-order valence-corrected chi connectivity index (χ0v) is 14.8. The van der Waals surface area contributed by atoms with Crippen molar-refractivity contribution in [3.05, 3.63) is 53.9 Å². The first-order valence-electron chi connectivity index (χ1n) is 8.87. The average Bonchev–Trinajstić information content (AvgIpc) is 2.69. The molecule has 1 fully saturated rings. The van der Waals surface area contributed by atoms with Gasteiger partial charge >= 0.3 is 0 Å². The molecule has 6 heteroatoms. The van der Waals surface area contributed by atoms with Gasteiger partial charge in [0.15, 0.2) is 0 Å². The predicted molar refractivity (Wildman–Crippen MR) is 99.5 cm³/mol. The Morgan fingerprint density at radius 1 is 1.04 bits per heavy atom. The van der Waals surface area contributed by atoms with Crippen LogP contribution in [0.1, 0.15) is 52.8 Å². The number of carbonyl (C=O) groups is 2. The summed E-state index contributed by atoms with van der Waals surface area (Å²) >= 11 is 0. The Balaban J connectivity index is 1.67. The van der Waals surface area contributed by atoms with Crippen LogP contribution < -0.4 is 15.4 Å². The van der Waals surface area contributed by atoms with Crippen LogP contribution in [0.2, 0.25) is 0 Å². The average molecular weight is 353 g/mol. The van der Waals surface area contributed by atoms with Crippen molar-refractivity contribution in [3.8, 4) is 5.75 Å². The van der Waals surface area contributed by atoms with E-state index in [1.54, 1.807) is 37.4 Å². The fraction of sp³-hybridized carbons (Fsp3) is 0.350. The minimum Gasteiger partial charge on any atom is -0.497 e. The first-order chi connectivity index (χ1) is 12.7. The van der Waals surface area contributed by atoms with Gasteiger partial charge in [0.1, 0.15) is 5.75 Å². The lowest BCUT2D eigenvalue weighted by Crippen LogP contribution is -2.36. The summed E-state index contributed by atoms with van der Waals surface area (Å²) in [6.07, 6.45) is 8.48. The molecule has 1 aromatic carbocycles. The standard InChI is InChI=1S/C20H23N3O3/c1-26-18-9-5-8-17(11-18)23-20(25)15-10-14(12-21-13-15)19(24)22-16-6-3-2-4-7-16/h5,8-13,16H,2-4,6-7H2,1H3,(H,22,24)(H,23,25). The molecule has 3 rings (SSSR count). The number of carbonyl (C=O) groups excluding carboxylic acids is 2. The molecule has 0 bridgehead atoms. The Hall–Kier alpha value is -2.89. The van der Waals surface area contributed by atoms with Crippen molar-refractivity contribution in [2.75, 3.05) is 12.4 Å². The van der Waals surface area contributed by atoms with Crippen LogP contribution in [0.5, 0.6) is 5.75 Å². The quantitative estimate of drug-likeness (QED) is 0.863. The third-order valence-corrected chi connectivity index (χ3v) is 4.53. The van der Waals surface area contributed by atoms with Crippen molar-refractivity contribution in [2.45, 2.75) is 38.1 Å². The number of amides is 2. The number of aromatic nitrogens is 1. The van der Waals surface area contributed by atoms with Crippen LogP contribution in [0, 0.1) is 0 Å². The molecule has 136 valence electrons. The molecule has 1 aliphatic carbocycles. The van der Waals surface area contributed by atoms with Gasteiger partial charge in [-0.3, -0.25) is 14.6 Å². The van der Waals surface area contributed by atoms with Gasteiger partial charge in [0.25, 0.3) is 11.8 Å². The summed E-state index contributed by atoms with van der Waals surface area (Å²) in [5, 5.41) is 5.83. The molecule has 2 amide bonds. The largest absolute Gasteiger partial charge is 0.497 e. The molecule has 0 radical (unpaired) electrons. The summed E-state index contributed by atoms with van der Waals surface area (Å²) in [6.45, 7) is 0. The van der Waals surface area contributed by atoms with E-state index in [9.17, 15) is 9.59 Å². The lowest BCUT2D eigenvalue weighted by molar-refractivity contribution is 0.0927. The molecule has 1 heterocycles. The van der Waals surface area contributed by atoms with E-state index in [-0.39, 0.29) is 17.9 Å². The Morgan fingerprint density at radius 3 is 2.50 bits per heavy atom. The minimum atomic E-state index is -0.321. The lowest BCUT2D eigenvalue weighted by Gasteiger charge is -2.22. The van der Waals surface area contributed by atoms with Gasteiger partial charge in [0.2, 0.25) is 0 Å². The second kappa shape index (κ2) is 8.47. The number of ether oxygens (including phenoxy) is 1. The van der Waals surface area contributed by atoms with Crippen LogP contribution >= 0.6 is 0 Å². The van der Waals surface area contributed by atoms with Crippen molar-refractivity contribution < 1.29 is 14.3 Å². The van der Waals surface area contributed by atoms with Gasteiger partial charge in [-0.1, -0.05) is 25.3 Å². The highest BCUT2D eigenvalue weighted by Crippen LogP contribution is 2.19. The van der Waals surface area contributed by atoms with Crippen LogP contribution in [0.4, 0.5) is 5.69 Å². The number of pyridine rings is 1. The van der Waals surface area contributed by atoms with E-state index in [2.05, 4.69) is 15.6 Å². The number of hydrogen-bond donors (Lipinski definition) is 2. The van der Waals surface area contributed by atoms with Crippen LogP contribution in [-0.4, -0.2) is 29.9 Å². The zero-order chi connectivity index (χ0) is 18.4. The molecular weight excluding hydrogens is 330 g/mol. The van der Waals surface area contributed by atoms with E-state index in [0.29, 0.717) is 22.6 Å². The maximum atomic E-state index is 12.5. The monoisotopic (exact) mass is 353 g/mol. The summed E-state index contributed by atoms with van der Waals surface area (Å²) in [5.74, 6) is 0.153. The van der Waals surface area contributed by atoms with Crippen molar-refractivity contribution in [1.29, 1.82) is 0 Å². The highest BCUT2D eigenvalue weighted by atomic mass is 16.5. The van der Waals surface area contributed by atoms with Crippen LogP contribution in [0.15, 0.2) is 42.7 Å². The summed E-state index contributed by atoms with van der Waals surface area (Å²) in [4.78, 5) is 28.9. The van der Waals surface area contributed by atoms with Crippen molar-refractivity contribution in [2.24, 2.45) is 0 Å². The Kier molecular flexibility index (Phi) is 5.84. The molecule has 1 aliphatic rings. The van der Waals surface area contributed by atoms with Gasteiger partial charge in [-0.2, -0.15) is 0 Å². The van der Waals surface area contributed by atoms with Gasteiger partial charge in [-0.15, -0.1) is 0 Å². The molecule has 0 saturated heterocycles. The molecule has 1 aromatic heterocycles. The predicted octanol–water partition coefficient (Wildman–Crippen LogP) is 3.41. The van der Waals surface area contributed by atoms with E-state index in [1.165, 1.54) is 18.8 Å². The molecule has 0 aliphatic heterocycles. The highest BCUT2D eigenvalue weighted by Gasteiger charge is 2.18.